The number of rotatable bonds is 4. The van der Waals surface area contributed by atoms with Gasteiger partial charge in [0.05, 0.1) is 0 Å². The topological polar surface area (TPSA) is 78.4 Å². The highest BCUT2D eigenvalue weighted by atomic mass is 35.5. The zero-order valence-corrected chi connectivity index (χ0v) is 11.6. The first-order chi connectivity index (χ1) is 8.93. The molecule has 104 valence electrons. The Morgan fingerprint density at radius 1 is 1.37 bits per heavy atom. The third-order valence-electron chi connectivity index (χ3n) is 2.58. The molecule has 0 saturated heterocycles. The van der Waals surface area contributed by atoms with Crippen LogP contribution in [0.15, 0.2) is 18.2 Å². The van der Waals surface area contributed by atoms with Crippen molar-refractivity contribution in [3.8, 4) is 0 Å². The molecule has 0 bridgehead atoms. The molecule has 2 amide bonds. The van der Waals surface area contributed by atoms with Crippen molar-refractivity contribution in [2.24, 2.45) is 0 Å². The maximum atomic E-state index is 11.7. The van der Waals surface area contributed by atoms with E-state index in [9.17, 15) is 9.59 Å². The summed E-state index contributed by atoms with van der Waals surface area (Å²) in [6, 6.07) is 4.72. The van der Waals surface area contributed by atoms with Crippen molar-refractivity contribution >= 4 is 29.1 Å². The molecular weight excluding hydrogens is 268 g/mol. The van der Waals surface area contributed by atoms with Gasteiger partial charge in [-0.25, -0.2) is 0 Å². The Hall–Kier alpha value is -1.59. The Morgan fingerprint density at radius 3 is 2.63 bits per heavy atom. The molecule has 3 N–H and O–H groups in total. The molecule has 1 aromatic rings. The van der Waals surface area contributed by atoms with Gasteiger partial charge in [0.2, 0.25) is 0 Å². The zero-order valence-electron chi connectivity index (χ0n) is 10.9. The molecule has 0 heterocycles. The Balaban J connectivity index is 2.61. The first-order valence-corrected chi connectivity index (χ1v) is 6.30. The van der Waals surface area contributed by atoms with Crippen molar-refractivity contribution in [2.75, 3.05) is 11.9 Å². The van der Waals surface area contributed by atoms with Crippen LogP contribution in [-0.4, -0.2) is 29.6 Å². The fraction of sp³-hybridized carbons (Fsp3) is 0.385. The average Bonchev–Trinajstić information content (AvgIpc) is 2.32. The maximum Gasteiger partial charge on any atom is 0.313 e. The third kappa shape index (κ3) is 4.89. The Bertz CT molecular complexity index is 477. The van der Waals surface area contributed by atoms with Gasteiger partial charge >= 0.3 is 11.8 Å². The Morgan fingerprint density at radius 2 is 2.05 bits per heavy atom. The fourth-order valence-corrected chi connectivity index (χ4v) is 1.73. The summed E-state index contributed by atoms with van der Waals surface area (Å²) in [6.07, 6.45) is 0.402. The SMILES string of the molecule is Cc1cc(Cl)ccc1NC(=O)C(=O)N[C@H](C)CCO. The quantitative estimate of drug-likeness (QED) is 0.733. The second kappa shape index (κ2) is 7.11. The van der Waals surface area contributed by atoms with E-state index in [2.05, 4.69) is 10.6 Å². The van der Waals surface area contributed by atoms with Crippen LogP contribution in [0.4, 0.5) is 5.69 Å². The number of aryl methyl sites for hydroxylation is 1. The average molecular weight is 285 g/mol. The van der Waals surface area contributed by atoms with Crippen LogP contribution < -0.4 is 10.6 Å². The van der Waals surface area contributed by atoms with Crippen molar-refractivity contribution < 1.29 is 14.7 Å². The third-order valence-corrected chi connectivity index (χ3v) is 2.82. The highest BCUT2D eigenvalue weighted by molar-refractivity contribution is 6.39. The van der Waals surface area contributed by atoms with Gasteiger partial charge in [-0.3, -0.25) is 9.59 Å². The summed E-state index contributed by atoms with van der Waals surface area (Å²) in [7, 11) is 0. The minimum atomic E-state index is -0.741. The zero-order chi connectivity index (χ0) is 14.4. The van der Waals surface area contributed by atoms with E-state index in [4.69, 9.17) is 16.7 Å². The first kappa shape index (κ1) is 15.5. The number of hydrogen-bond acceptors (Lipinski definition) is 3. The number of carbonyl (C=O) groups excluding carboxylic acids is 2. The molecule has 0 aliphatic rings. The summed E-state index contributed by atoms with van der Waals surface area (Å²) in [4.78, 5) is 23.3. The van der Waals surface area contributed by atoms with E-state index in [0.29, 0.717) is 17.1 Å². The van der Waals surface area contributed by atoms with Gasteiger partial charge in [-0.15, -0.1) is 0 Å². The number of nitrogens with one attached hydrogen (secondary N) is 2. The normalized spacial score (nSPS) is 11.8. The number of benzene rings is 1. The molecular formula is C13H17ClN2O3. The molecule has 0 aliphatic heterocycles. The highest BCUT2D eigenvalue weighted by Gasteiger charge is 2.16. The molecule has 0 aliphatic carbocycles. The Labute approximate surface area is 117 Å². The highest BCUT2D eigenvalue weighted by Crippen LogP contribution is 2.19. The molecule has 0 fully saturated rings. The van der Waals surface area contributed by atoms with Gasteiger partial charge in [0.1, 0.15) is 0 Å². The van der Waals surface area contributed by atoms with Crippen LogP contribution in [0.5, 0.6) is 0 Å². The largest absolute Gasteiger partial charge is 0.396 e. The molecule has 0 spiro atoms. The fourth-order valence-electron chi connectivity index (χ4n) is 1.50. The summed E-state index contributed by atoms with van der Waals surface area (Å²) in [5.74, 6) is -1.47. The standard InChI is InChI=1S/C13H17ClN2O3/c1-8-7-10(14)3-4-11(8)16-13(19)12(18)15-9(2)5-6-17/h3-4,7,9,17H,5-6H2,1-2H3,(H,15,18)(H,16,19)/t9-/m1/s1. The number of aliphatic hydroxyl groups is 1. The molecule has 0 unspecified atom stereocenters. The van der Waals surface area contributed by atoms with E-state index < -0.39 is 11.8 Å². The molecule has 1 rings (SSSR count). The maximum absolute atomic E-state index is 11.7. The van der Waals surface area contributed by atoms with Crippen LogP contribution in [0, 0.1) is 6.92 Å². The number of hydrogen-bond donors (Lipinski definition) is 3. The van der Waals surface area contributed by atoms with Crippen LogP contribution >= 0.6 is 11.6 Å². The minimum absolute atomic E-state index is 0.0423. The van der Waals surface area contributed by atoms with Gasteiger partial charge in [0.15, 0.2) is 0 Å². The summed E-state index contributed by atoms with van der Waals surface area (Å²) < 4.78 is 0. The van der Waals surface area contributed by atoms with Crippen molar-refractivity contribution in [1.29, 1.82) is 0 Å². The minimum Gasteiger partial charge on any atom is -0.396 e. The molecule has 0 saturated carbocycles. The van der Waals surface area contributed by atoms with Crippen LogP contribution in [0.3, 0.4) is 0 Å². The Kier molecular flexibility index (Phi) is 5.79. The van der Waals surface area contributed by atoms with Crippen molar-refractivity contribution in [2.45, 2.75) is 26.3 Å². The van der Waals surface area contributed by atoms with E-state index in [0.717, 1.165) is 5.56 Å². The summed E-state index contributed by atoms with van der Waals surface area (Å²) in [6.45, 7) is 3.46. The van der Waals surface area contributed by atoms with Gasteiger partial charge in [-0.1, -0.05) is 11.6 Å². The van der Waals surface area contributed by atoms with Crippen LogP contribution in [0.1, 0.15) is 18.9 Å². The summed E-state index contributed by atoms with van der Waals surface area (Å²) >= 11 is 5.80. The molecule has 0 radical (unpaired) electrons. The number of aliphatic hydroxyl groups excluding tert-OH is 1. The van der Waals surface area contributed by atoms with Gasteiger partial charge < -0.3 is 15.7 Å². The predicted molar refractivity (Wildman–Crippen MR) is 74.1 cm³/mol. The monoisotopic (exact) mass is 284 g/mol. The smallest absolute Gasteiger partial charge is 0.313 e. The molecule has 19 heavy (non-hydrogen) atoms. The molecule has 1 aromatic carbocycles. The summed E-state index contributed by atoms with van der Waals surface area (Å²) in [5, 5.41) is 14.3. The van der Waals surface area contributed by atoms with Gasteiger partial charge in [-0.05, 0) is 44.0 Å². The number of carbonyl (C=O) groups is 2. The molecule has 1 atom stereocenters. The molecule has 0 aromatic heterocycles. The lowest BCUT2D eigenvalue weighted by Crippen LogP contribution is -2.40. The van der Waals surface area contributed by atoms with Gasteiger partial charge in [0.25, 0.3) is 0 Å². The van der Waals surface area contributed by atoms with E-state index in [1.165, 1.54) is 0 Å². The van der Waals surface area contributed by atoms with E-state index in [1.54, 1.807) is 32.0 Å². The van der Waals surface area contributed by atoms with Crippen molar-refractivity contribution in [1.82, 2.24) is 5.32 Å². The van der Waals surface area contributed by atoms with Gasteiger partial charge in [0, 0.05) is 23.4 Å². The lowest BCUT2D eigenvalue weighted by atomic mass is 10.2. The van der Waals surface area contributed by atoms with E-state index in [-0.39, 0.29) is 12.6 Å². The molecule has 6 heteroatoms. The number of halogens is 1. The second-order valence-corrected chi connectivity index (χ2v) is 4.74. The van der Waals surface area contributed by atoms with Crippen LogP contribution in [0.2, 0.25) is 5.02 Å². The predicted octanol–water partition coefficient (Wildman–Crippen LogP) is 1.47. The lowest BCUT2D eigenvalue weighted by Gasteiger charge is -2.13. The van der Waals surface area contributed by atoms with Gasteiger partial charge in [-0.2, -0.15) is 0 Å². The second-order valence-electron chi connectivity index (χ2n) is 4.30. The number of amides is 2. The van der Waals surface area contributed by atoms with Crippen molar-refractivity contribution in [3.05, 3.63) is 28.8 Å². The lowest BCUT2D eigenvalue weighted by molar-refractivity contribution is -0.136. The van der Waals surface area contributed by atoms with E-state index >= 15 is 0 Å². The van der Waals surface area contributed by atoms with Crippen LogP contribution in [0.25, 0.3) is 0 Å². The molecule has 5 nitrogen and oxygen atoms in total. The first-order valence-electron chi connectivity index (χ1n) is 5.93. The van der Waals surface area contributed by atoms with Crippen LogP contribution in [-0.2, 0) is 9.59 Å². The summed E-state index contributed by atoms with van der Waals surface area (Å²) in [5.41, 5.74) is 1.32. The number of anilines is 1. The van der Waals surface area contributed by atoms with Crippen molar-refractivity contribution in [3.63, 3.8) is 0 Å². The van der Waals surface area contributed by atoms with E-state index in [1.807, 2.05) is 0 Å².